The molecular formula is C30H25N7O7. The Morgan fingerprint density at radius 2 is 1.64 bits per heavy atom. The van der Waals surface area contributed by atoms with Gasteiger partial charge >= 0.3 is 12.0 Å². The molecule has 5 atom stereocenters. The molecule has 5 aromatic rings. The summed E-state index contributed by atoms with van der Waals surface area (Å²) in [6, 6.07) is 20.9. The maximum Gasteiger partial charge on any atom is 0.341 e. The lowest BCUT2D eigenvalue weighted by atomic mass is 10.1. The molecule has 0 saturated carbocycles. The summed E-state index contributed by atoms with van der Waals surface area (Å²) >= 11 is 0. The first-order chi connectivity index (χ1) is 21.5. The van der Waals surface area contributed by atoms with Gasteiger partial charge in [0.2, 0.25) is 5.88 Å². The molecule has 2 aromatic carbocycles. The third-order valence-electron chi connectivity index (χ3n) is 7.20. The third-order valence-corrected chi connectivity index (χ3v) is 7.20. The Morgan fingerprint density at radius 1 is 0.864 bits per heavy atom. The molecule has 5 unspecified atom stereocenters. The number of hydrogen-bond donors (Lipinski definition) is 3. The first-order valence-electron chi connectivity index (χ1n) is 13.7. The first-order valence-corrected chi connectivity index (χ1v) is 13.7. The Kier molecular flexibility index (Phi) is 7.27. The normalized spacial score (nSPS) is 22.4. The topological polar surface area (TPSA) is 172 Å². The van der Waals surface area contributed by atoms with Gasteiger partial charge in [0.1, 0.15) is 36.8 Å². The van der Waals surface area contributed by atoms with Crippen LogP contribution in [-0.4, -0.2) is 66.5 Å². The average Bonchev–Trinajstić information content (AvgIpc) is 3.76. The third kappa shape index (κ3) is 5.28. The van der Waals surface area contributed by atoms with Crippen molar-refractivity contribution in [2.24, 2.45) is 0 Å². The van der Waals surface area contributed by atoms with E-state index >= 15 is 0 Å². The highest BCUT2D eigenvalue weighted by Crippen LogP contribution is 2.45. The van der Waals surface area contributed by atoms with Gasteiger partial charge in [-0.1, -0.05) is 48.5 Å². The second kappa shape index (κ2) is 11.7. The van der Waals surface area contributed by atoms with E-state index in [9.17, 15) is 14.7 Å². The molecule has 0 radical (unpaired) electrons. The number of para-hydroxylation sites is 1. The largest absolute Gasteiger partial charge is 0.477 e. The Bertz CT molecular complexity index is 1800. The van der Waals surface area contributed by atoms with E-state index < -0.39 is 42.8 Å². The number of carboxylic acids is 1. The molecule has 3 N–H and O–H groups in total. The minimum atomic E-state index is -1.16. The summed E-state index contributed by atoms with van der Waals surface area (Å²) in [7, 11) is 0. The van der Waals surface area contributed by atoms with Crippen LogP contribution in [0.3, 0.4) is 0 Å². The van der Waals surface area contributed by atoms with Crippen molar-refractivity contribution < 1.29 is 33.6 Å². The van der Waals surface area contributed by atoms with E-state index in [1.807, 2.05) is 48.5 Å². The molecule has 2 fully saturated rings. The van der Waals surface area contributed by atoms with Crippen molar-refractivity contribution in [2.45, 2.75) is 30.8 Å². The molecule has 44 heavy (non-hydrogen) atoms. The molecule has 0 bridgehead atoms. The molecule has 14 nitrogen and oxygen atoms in total. The molecule has 2 aliphatic heterocycles. The number of amides is 2. The number of hydrogen-bond acceptors (Lipinski definition) is 10. The zero-order chi connectivity index (χ0) is 30.0. The summed E-state index contributed by atoms with van der Waals surface area (Å²) in [5, 5.41) is 15.0. The molecule has 2 amide bonds. The maximum atomic E-state index is 12.7. The number of aromatic carboxylic acids is 1. The van der Waals surface area contributed by atoms with E-state index in [0.717, 1.165) is 5.56 Å². The van der Waals surface area contributed by atoms with E-state index in [4.69, 9.17) is 18.9 Å². The van der Waals surface area contributed by atoms with Crippen LogP contribution < -0.4 is 15.4 Å². The van der Waals surface area contributed by atoms with E-state index in [1.54, 1.807) is 16.7 Å². The lowest BCUT2D eigenvalue weighted by Gasteiger charge is -2.21. The molecule has 7 rings (SSSR count). The number of urea groups is 1. The van der Waals surface area contributed by atoms with E-state index in [2.05, 4.69) is 30.6 Å². The summed E-state index contributed by atoms with van der Waals surface area (Å²) in [6.45, 7) is -0.0616. The lowest BCUT2D eigenvalue weighted by Crippen LogP contribution is -2.33. The lowest BCUT2D eigenvalue weighted by molar-refractivity contribution is -0.152. The van der Waals surface area contributed by atoms with Crippen molar-refractivity contribution in [2.75, 3.05) is 17.2 Å². The fourth-order valence-corrected chi connectivity index (χ4v) is 5.21. The number of pyridine rings is 1. The number of rotatable bonds is 8. The predicted molar refractivity (Wildman–Crippen MR) is 154 cm³/mol. The molecule has 0 aliphatic carbocycles. The second-order valence-electron chi connectivity index (χ2n) is 9.97. The highest BCUT2D eigenvalue weighted by Gasteiger charge is 2.54. The SMILES string of the molecule is O=C(Nc1ccccc1)Nc1ncnc2c1ncn2C1OC(COc2ncccc2C(=O)O)C2OC(c3ccccc3)OC21. The molecule has 222 valence electrons. The van der Waals surface area contributed by atoms with Crippen molar-refractivity contribution in [1.29, 1.82) is 0 Å². The van der Waals surface area contributed by atoms with Crippen LogP contribution in [-0.2, 0) is 14.2 Å². The van der Waals surface area contributed by atoms with Crippen LogP contribution in [0.5, 0.6) is 5.88 Å². The van der Waals surface area contributed by atoms with Gasteiger partial charge < -0.3 is 29.4 Å². The monoisotopic (exact) mass is 595 g/mol. The number of carbonyl (C=O) groups is 2. The fourth-order valence-electron chi connectivity index (χ4n) is 5.21. The fraction of sp³-hybridized carbons (Fsp3) is 0.200. The molecule has 0 spiro atoms. The van der Waals surface area contributed by atoms with Gasteiger partial charge in [-0.3, -0.25) is 9.88 Å². The first kappa shape index (κ1) is 27.4. The number of fused-ring (bicyclic) bond motifs is 2. The van der Waals surface area contributed by atoms with Crippen molar-refractivity contribution >= 4 is 34.7 Å². The smallest absolute Gasteiger partial charge is 0.341 e. The van der Waals surface area contributed by atoms with Crippen LogP contribution in [0.15, 0.2) is 91.6 Å². The molecule has 2 aliphatic rings. The van der Waals surface area contributed by atoms with Gasteiger partial charge in [0.15, 0.2) is 29.5 Å². The summed E-state index contributed by atoms with van der Waals surface area (Å²) < 4.78 is 26.6. The van der Waals surface area contributed by atoms with Crippen LogP contribution in [0.2, 0.25) is 0 Å². The number of imidazole rings is 1. The highest BCUT2D eigenvalue weighted by atomic mass is 16.8. The Labute approximate surface area is 249 Å². The molecule has 3 aromatic heterocycles. The zero-order valence-corrected chi connectivity index (χ0v) is 22.9. The maximum absolute atomic E-state index is 12.7. The van der Waals surface area contributed by atoms with Gasteiger partial charge in [-0.15, -0.1) is 0 Å². The Morgan fingerprint density at radius 3 is 2.43 bits per heavy atom. The number of ether oxygens (including phenoxy) is 4. The summed E-state index contributed by atoms with van der Waals surface area (Å²) in [5.41, 5.74) is 2.11. The van der Waals surface area contributed by atoms with Gasteiger partial charge in [-0.2, -0.15) is 0 Å². The number of nitrogens with zero attached hydrogens (tertiary/aromatic N) is 5. The second-order valence-corrected chi connectivity index (χ2v) is 9.97. The van der Waals surface area contributed by atoms with Gasteiger partial charge in [-0.05, 0) is 24.3 Å². The van der Waals surface area contributed by atoms with Crippen molar-refractivity contribution in [3.63, 3.8) is 0 Å². The van der Waals surface area contributed by atoms with E-state index in [-0.39, 0.29) is 23.9 Å². The average molecular weight is 596 g/mol. The van der Waals surface area contributed by atoms with Crippen LogP contribution in [0.1, 0.15) is 28.4 Å². The Hall–Kier alpha value is -5.44. The molecular weight excluding hydrogens is 570 g/mol. The predicted octanol–water partition coefficient (Wildman–Crippen LogP) is 4.02. The van der Waals surface area contributed by atoms with E-state index in [1.165, 1.54) is 31.0 Å². The number of nitrogens with one attached hydrogen (secondary N) is 2. The van der Waals surface area contributed by atoms with Crippen molar-refractivity contribution in [3.8, 4) is 5.88 Å². The van der Waals surface area contributed by atoms with Crippen molar-refractivity contribution in [1.82, 2.24) is 24.5 Å². The summed E-state index contributed by atoms with van der Waals surface area (Å²) in [4.78, 5) is 41.5. The molecule has 5 heterocycles. The summed E-state index contributed by atoms with van der Waals surface area (Å²) in [5.74, 6) is -0.988. The van der Waals surface area contributed by atoms with Crippen LogP contribution in [0.25, 0.3) is 11.2 Å². The highest BCUT2D eigenvalue weighted by molar-refractivity contribution is 6.02. The van der Waals surface area contributed by atoms with Crippen LogP contribution >= 0.6 is 0 Å². The summed E-state index contributed by atoms with van der Waals surface area (Å²) in [6.07, 6.45) is 1.01. The van der Waals surface area contributed by atoms with Gasteiger partial charge in [0.25, 0.3) is 0 Å². The van der Waals surface area contributed by atoms with E-state index in [0.29, 0.717) is 16.9 Å². The number of anilines is 2. The Balaban J connectivity index is 1.16. The zero-order valence-electron chi connectivity index (χ0n) is 22.9. The van der Waals surface area contributed by atoms with Gasteiger partial charge in [0.05, 0.1) is 6.33 Å². The number of benzene rings is 2. The quantitative estimate of drug-likeness (QED) is 0.237. The minimum absolute atomic E-state index is 0.0348. The van der Waals surface area contributed by atoms with Crippen molar-refractivity contribution in [3.05, 3.63) is 103 Å². The molecule has 14 heteroatoms. The number of carboxylic acid groups (broad SMARTS) is 1. The van der Waals surface area contributed by atoms with Crippen LogP contribution in [0, 0.1) is 0 Å². The number of aromatic nitrogens is 5. The van der Waals surface area contributed by atoms with Gasteiger partial charge in [-0.25, -0.2) is 29.5 Å². The van der Waals surface area contributed by atoms with Crippen LogP contribution in [0.4, 0.5) is 16.3 Å². The number of carbonyl (C=O) groups excluding carboxylic acids is 1. The minimum Gasteiger partial charge on any atom is -0.477 e. The van der Waals surface area contributed by atoms with Gasteiger partial charge in [0, 0.05) is 17.4 Å². The molecule has 2 saturated heterocycles. The standard InChI is InChI=1S/C30H25N7O7/c38-28(39)19-12-7-13-31-26(19)41-14-20-22-23(44-29(43-22)17-8-3-1-4-9-17)27(42-20)37-16-34-21-24(32-15-33-25(21)37)36-30(40)35-18-10-5-2-6-11-18/h1-13,15-16,20,22-23,27,29H,14H2,(H,38,39)(H2,32,33,35,36,40).